The molecule has 0 aromatic carbocycles. The summed E-state index contributed by atoms with van der Waals surface area (Å²) in [5.74, 6) is -2.81. The molecule has 36 heteroatoms. The van der Waals surface area contributed by atoms with Crippen molar-refractivity contribution < 1.29 is 96.4 Å². The molecule has 0 aromatic rings. The number of aliphatic hydroxyl groups excluding tert-OH is 2. The van der Waals surface area contributed by atoms with E-state index in [9.17, 15) is 43.5 Å². The van der Waals surface area contributed by atoms with Crippen LogP contribution in [0, 0.1) is 33.0 Å². The molecule has 6 aliphatic heterocycles. The van der Waals surface area contributed by atoms with E-state index in [-0.39, 0.29) is 173 Å². The van der Waals surface area contributed by atoms with Crippen LogP contribution in [0.25, 0.3) is 0 Å². The lowest BCUT2D eigenvalue weighted by atomic mass is 8.81. The number of rotatable bonds is 9. The van der Waals surface area contributed by atoms with Crippen molar-refractivity contribution in [1.82, 2.24) is 5.32 Å². The number of piperidine rings is 1. The van der Waals surface area contributed by atoms with Crippen LogP contribution < -0.4 is 22.5 Å². The van der Waals surface area contributed by atoms with Crippen LogP contribution in [0.2, 0.25) is 0 Å². The van der Waals surface area contributed by atoms with Crippen LogP contribution in [-0.4, -0.2) is 257 Å². The number of esters is 7. The van der Waals surface area contributed by atoms with E-state index in [0.717, 1.165) is 129 Å². The van der Waals surface area contributed by atoms with Gasteiger partial charge in [-0.25, -0.2) is 14.4 Å². The Kier molecular flexibility index (Phi) is 85.2. The molecule has 11 aliphatic rings. The van der Waals surface area contributed by atoms with Crippen molar-refractivity contribution in [2.45, 2.75) is 419 Å². The van der Waals surface area contributed by atoms with Crippen LogP contribution in [0.3, 0.4) is 0 Å². The summed E-state index contributed by atoms with van der Waals surface area (Å²) in [4.78, 5) is 92.2. The highest BCUT2D eigenvalue weighted by Crippen LogP contribution is 2.49. The Bertz CT molecular complexity index is 2620. The predicted octanol–water partition coefficient (Wildman–Crippen LogP) is 11.9. The number of hydrogen-bond donors (Lipinski definition) is 7. The van der Waals surface area contributed by atoms with Crippen molar-refractivity contribution in [3.8, 4) is 0 Å². The lowest BCUT2D eigenvalue weighted by Gasteiger charge is -2.38. The number of hydrogen-bond acceptors (Lipinski definition) is 25. The van der Waals surface area contributed by atoms with Crippen molar-refractivity contribution in [2.24, 2.45) is 55.3 Å². The van der Waals surface area contributed by atoms with Gasteiger partial charge in [-0.1, -0.05) is 204 Å². The summed E-state index contributed by atoms with van der Waals surface area (Å²) in [6.07, 6.45) is 21.3. The molecule has 4 spiro atoms. The Morgan fingerprint density at radius 1 is 0.555 bits per heavy atom. The molecule has 11 rings (SSSR count). The smallest absolute Gasteiger partial charge is 0.347 e. The monoisotopic (exact) mass is 1680 g/mol. The van der Waals surface area contributed by atoms with Crippen molar-refractivity contribution >= 4 is 135 Å². The third kappa shape index (κ3) is 41.2. The van der Waals surface area contributed by atoms with Crippen molar-refractivity contribution in [2.75, 3.05) is 32.9 Å². The lowest BCUT2D eigenvalue weighted by Crippen LogP contribution is -2.49. The number of ether oxygens (including phenoxy) is 9. The molecule has 5 saturated carbocycles. The quantitative estimate of drug-likeness (QED) is 0.0281. The third-order valence-corrected chi connectivity index (χ3v) is 22.0. The standard InChI is InChI=1S/C15H24O6.C10H15NO3.C10H19NO2.C10H17NO2.C9H18N2O.C9H16O2.C6H8O4.C2H6.12CH4.B6.B3.B2/c1-4-20-14(19)15(8-6-5-7-9-15)12(17)11(3)21-13(18)10(2)16;1-7-8(11-13)10(9(12)14-7)5-3-2-4-6-10;2*1-7-8(11)10(9(12)13-7)5-3-2-4-6-10;1-7-8(10)9(6-12-7)2-4-11-5-3-9;1-2-11-9(10)8-6-4-3-5-7-8;1-3-5(7)10-4(2)6(8)9-3;1-2;;;;;;;;;;;;;1-5(2)6(3)4;1-3-2;1-2/h10-11,16H,4-9H2,1-3H3;7,13H,2-6H2,1H3;7-9,12H,2-6,11H2,1H3;7-8H,2-6,11H2,1H3;7-8,11H,2-6,10H2,1H3;8H,2-7H2,1H3;3-4H,1-2H3;1-2H3;12*1H4;;;/t10-,11-;7-;7-,8+,9?;2*7-,8+;;3-,4-;;;;;;;;;;;;;;;;/m00000.0................/s1. The van der Waals surface area contributed by atoms with Crippen molar-refractivity contribution in [3.05, 3.63) is 0 Å². The van der Waals surface area contributed by atoms with Gasteiger partial charge in [0.2, 0.25) is 0 Å². The summed E-state index contributed by atoms with van der Waals surface area (Å²) in [5, 5.41) is 34.5. The van der Waals surface area contributed by atoms with Gasteiger partial charge in [0, 0.05) is 105 Å². The van der Waals surface area contributed by atoms with E-state index in [1.807, 2.05) is 34.6 Å². The minimum atomic E-state index is -1.30. The van der Waals surface area contributed by atoms with E-state index in [1.165, 1.54) is 85.5 Å². The van der Waals surface area contributed by atoms with Crippen LogP contribution in [-0.2, 0) is 81.0 Å². The van der Waals surface area contributed by atoms with Gasteiger partial charge in [0.25, 0.3) is 0 Å². The van der Waals surface area contributed by atoms with E-state index in [1.54, 1.807) is 13.8 Å². The van der Waals surface area contributed by atoms with Gasteiger partial charge in [0.15, 0.2) is 30.4 Å². The fourth-order valence-corrected chi connectivity index (χ4v) is 15.4. The predicted molar refractivity (Wildman–Crippen MR) is 501 cm³/mol. The average Bonchev–Trinajstić information content (AvgIpc) is 1.58. The number of Topliss-reactive ketones (excluding diaryl/α,β-unsaturated/α-hetero) is 1. The second-order valence-corrected chi connectivity index (χ2v) is 29.3. The fourth-order valence-electron chi connectivity index (χ4n) is 15.4. The first-order valence-corrected chi connectivity index (χ1v) is 39.0. The van der Waals surface area contributed by atoms with E-state index < -0.39 is 84.0 Å². The van der Waals surface area contributed by atoms with Crippen LogP contribution in [0.4, 0.5) is 0 Å². The Morgan fingerprint density at radius 3 is 1.31 bits per heavy atom. The Balaban J connectivity index is -0.000000109. The summed E-state index contributed by atoms with van der Waals surface area (Å²) in [7, 11) is 37.9. The molecule has 6 heterocycles. The minimum Gasteiger partial charge on any atom is -0.466 e. The molecule has 119 heavy (non-hydrogen) atoms. The highest BCUT2D eigenvalue weighted by molar-refractivity contribution is 7.76. The van der Waals surface area contributed by atoms with Gasteiger partial charge in [-0.3, -0.25) is 24.0 Å². The van der Waals surface area contributed by atoms with Gasteiger partial charge in [-0.15, -0.1) is 0 Å². The minimum absolute atomic E-state index is 0. The second-order valence-electron chi connectivity index (χ2n) is 29.3. The van der Waals surface area contributed by atoms with Gasteiger partial charge in [0.05, 0.1) is 49.4 Å². The molecular formula is C83H171B11N5O20. The number of aliphatic hydroxyl groups is 2. The number of cyclic esters (lactones) is 4. The molecule has 25 nitrogen and oxygen atoms in total. The molecule has 6 saturated heterocycles. The molecule has 10 N–H and O–H groups in total. The number of ketones is 1. The van der Waals surface area contributed by atoms with Crippen molar-refractivity contribution in [1.29, 1.82) is 0 Å². The van der Waals surface area contributed by atoms with Gasteiger partial charge in [0.1, 0.15) is 34.9 Å². The van der Waals surface area contributed by atoms with Gasteiger partial charge >= 0.3 is 41.8 Å². The average molecular weight is 1680 g/mol. The van der Waals surface area contributed by atoms with Crippen molar-refractivity contribution in [3.63, 3.8) is 0 Å². The van der Waals surface area contributed by atoms with Gasteiger partial charge in [-0.2, -0.15) is 0 Å². The first-order valence-electron chi connectivity index (χ1n) is 39.0. The molecule has 17 radical (unpaired) electrons. The molecule has 11 fully saturated rings. The second kappa shape index (κ2) is 72.0. The number of nitrogens with two attached hydrogens (primary N) is 3. The fraction of sp³-hybridized carbons (Fsp3) is 0.892. The van der Waals surface area contributed by atoms with E-state index in [0.29, 0.717) is 30.6 Å². The molecule has 0 amide bonds. The summed E-state index contributed by atoms with van der Waals surface area (Å²) in [5.41, 5.74) is 16.8. The third-order valence-electron chi connectivity index (χ3n) is 22.0. The zero-order valence-corrected chi connectivity index (χ0v) is 66.4. The van der Waals surface area contributed by atoms with Gasteiger partial charge < -0.3 is 80.6 Å². The lowest BCUT2D eigenvalue weighted by molar-refractivity contribution is -0.191. The zero-order chi connectivity index (χ0) is 81.5. The van der Waals surface area contributed by atoms with Crippen LogP contribution in [0.1, 0.15) is 346 Å². The van der Waals surface area contributed by atoms with E-state index in [4.69, 9.17) is 91.6 Å². The maximum Gasteiger partial charge on any atom is 0.347 e. The molecule has 681 valence electrons. The van der Waals surface area contributed by atoms with E-state index >= 15 is 0 Å². The summed E-state index contributed by atoms with van der Waals surface area (Å²) >= 11 is 0. The molecule has 12 atom stereocenters. The van der Waals surface area contributed by atoms with Crippen LogP contribution >= 0.6 is 0 Å². The normalized spacial score (nSPS) is 25.7. The Labute approximate surface area is 740 Å². The molecule has 0 aromatic heterocycles. The molecular weight excluding hydrogens is 1510 g/mol. The molecule has 5 aliphatic carbocycles. The molecule has 1 unspecified atom stereocenters. The molecule has 0 bridgehead atoms. The topological polar surface area (TPSA) is 383 Å². The largest absolute Gasteiger partial charge is 0.466 e. The zero-order valence-electron chi connectivity index (χ0n) is 66.4. The maximum atomic E-state index is 12.6. The maximum absolute atomic E-state index is 12.6. The number of carbonyl (C=O) groups is 8. The number of nitrogens with one attached hydrogen (secondary N) is 1. The van der Waals surface area contributed by atoms with Crippen LogP contribution in [0.5, 0.6) is 0 Å². The summed E-state index contributed by atoms with van der Waals surface area (Å²) in [6, 6.07) is 0.183. The SMILES string of the molecule is C.C.C.C.C.C.C.C.C.C.C.C.CC.CCOC(=O)C1(C(=O)[C@H](C)OC(=O)[C@H](C)O)CCCCC1.CCOC(=O)C1CCCCC1.C[C@@H]1OC(=O)C2(CCCCC2)C1=NO.C[C@@H]1OC(=O)C2(CCCCC2)[C@@H]1N.C[C@@H]1OC(=O)[C@H](C)OC1=O.C[C@@H]1OC(O)C2(CCCCC2)[C@@H]1N.C[C@@H]1OCC2(CCNCC2)[C@@H]1N.[B]B([B])B([B])[B].[B][B].[B][B][B]. The Hall–Kier alpha value is -4.18. The number of nitrogens with zero attached hydrogens (tertiary/aromatic N) is 1. The first kappa shape index (κ1) is 141. The van der Waals surface area contributed by atoms with Gasteiger partial charge in [-0.05, 0) is 159 Å². The first-order chi connectivity index (χ1) is 50.6. The van der Waals surface area contributed by atoms with Crippen LogP contribution in [0.15, 0.2) is 5.16 Å². The number of carbonyl (C=O) groups excluding carboxylic acids is 8. The summed E-state index contributed by atoms with van der Waals surface area (Å²) < 4.78 is 45.5. The summed E-state index contributed by atoms with van der Waals surface area (Å²) in [6.45, 7) is 24.7. The highest BCUT2D eigenvalue weighted by Gasteiger charge is 2.57. The Morgan fingerprint density at radius 2 is 0.958 bits per heavy atom. The highest BCUT2D eigenvalue weighted by atomic mass is 16.6. The number of oxime groups is 1. The van der Waals surface area contributed by atoms with E-state index in [2.05, 4.69) is 57.8 Å².